The van der Waals surface area contributed by atoms with Gasteiger partial charge in [-0.25, -0.2) is 0 Å². The number of likely N-dealkylation sites (N-methyl/N-ethyl adjacent to an activating group) is 1. The predicted molar refractivity (Wildman–Crippen MR) is 84.3 cm³/mol. The molecular formula is C16H18N2O4. The number of ether oxygens (including phenoxy) is 1. The van der Waals surface area contributed by atoms with E-state index in [4.69, 9.17) is 4.74 Å². The summed E-state index contributed by atoms with van der Waals surface area (Å²) >= 11 is 0. The van der Waals surface area contributed by atoms with Crippen molar-refractivity contribution in [2.75, 3.05) is 25.1 Å². The number of para-hydroxylation sites is 1. The summed E-state index contributed by atoms with van der Waals surface area (Å²) < 4.78 is 5.44. The lowest BCUT2D eigenvalue weighted by Gasteiger charge is -2.22. The van der Waals surface area contributed by atoms with E-state index in [0.717, 1.165) is 5.69 Å². The van der Waals surface area contributed by atoms with Crippen LogP contribution in [0, 0.1) is 10.1 Å². The average molecular weight is 302 g/mol. The summed E-state index contributed by atoms with van der Waals surface area (Å²) in [6.45, 7) is 0.548. The Hall–Kier alpha value is -2.60. The highest BCUT2D eigenvalue weighted by atomic mass is 16.6. The Morgan fingerprint density at radius 2 is 1.82 bits per heavy atom. The van der Waals surface area contributed by atoms with E-state index in [1.165, 1.54) is 24.3 Å². The van der Waals surface area contributed by atoms with Crippen LogP contribution in [0.5, 0.6) is 5.75 Å². The van der Waals surface area contributed by atoms with Crippen LogP contribution in [0.2, 0.25) is 0 Å². The smallest absolute Gasteiger partial charge is 0.269 e. The first-order chi connectivity index (χ1) is 10.6. The Labute approximate surface area is 128 Å². The molecule has 22 heavy (non-hydrogen) atoms. The molecule has 2 rings (SSSR count). The summed E-state index contributed by atoms with van der Waals surface area (Å²) in [6.07, 6.45) is -0.666. The number of non-ortho nitro benzene ring substituents is 1. The van der Waals surface area contributed by atoms with Crippen molar-refractivity contribution in [2.45, 2.75) is 6.10 Å². The van der Waals surface area contributed by atoms with Gasteiger partial charge in [-0.05, 0) is 24.3 Å². The second-order valence-electron chi connectivity index (χ2n) is 4.93. The number of anilines is 1. The van der Waals surface area contributed by atoms with E-state index in [0.29, 0.717) is 12.3 Å². The van der Waals surface area contributed by atoms with Crippen molar-refractivity contribution >= 4 is 11.4 Å². The van der Waals surface area contributed by atoms with E-state index in [1.807, 2.05) is 42.3 Å². The first-order valence-corrected chi connectivity index (χ1v) is 6.88. The summed E-state index contributed by atoms with van der Waals surface area (Å²) in [7, 11) is 1.89. The van der Waals surface area contributed by atoms with Crippen molar-refractivity contribution in [2.24, 2.45) is 0 Å². The molecule has 6 nitrogen and oxygen atoms in total. The number of hydrogen-bond acceptors (Lipinski definition) is 5. The van der Waals surface area contributed by atoms with Crippen LogP contribution >= 0.6 is 0 Å². The van der Waals surface area contributed by atoms with Crippen molar-refractivity contribution in [3.05, 3.63) is 64.7 Å². The fourth-order valence-electron chi connectivity index (χ4n) is 2.01. The van der Waals surface area contributed by atoms with Crippen molar-refractivity contribution in [1.29, 1.82) is 0 Å². The summed E-state index contributed by atoms with van der Waals surface area (Å²) in [5.41, 5.74) is 1.02. The molecule has 0 heterocycles. The second-order valence-corrected chi connectivity index (χ2v) is 4.93. The van der Waals surface area contributed by atoms with Crippen LogP contribution in [0.4, 0.5) is 11.4 Å². The number of aliphatic hydroxyl groups excluding tert-OH is 1. The van der Waals surface area contributed by atoms with Crippen LogP contribution in [-0.4, -0.2) is 36.3 Å². The standard InChI is InChI=1S/C16H18N2O4/c1-17(13-5-3-2-4-6-13)11-15(19)12-22-16-9-7-14(8-10-16)18(20)21/h2-10,15,19H,11-12H2,1H3. The minimum absolute atomic E-state index is 0.0108. The highest BCUT2D eigenvalue weighted by Gasteiger charge is 2.10. The molecule has 1 N–H and O–H groups in total. The predicted octanol–water partition coefficient (Wildman–Crippen LogP) is 2.47. The molecule has 0 aliphatic rings. The minimum atomic E-state index is -0.666. The number of nitrogens with zero attached hydrogens (tertiary/aromatic N) is 2. The van der Waals surface area contributed by atoms with Gasteiger partial charge in [0.2, 0.25) is 0 Å². The topological polar surface area (TPSA) is 75.8 Å². The molecule has 0 saturated carbocycles. The van der Waals surface area contributed by atoms with E-state index in [-0.39, 0.29) is 12.3 Å². The van der Waals surface area contributed by atoms with E-state index < -0.39 is 11.0 Å². The van der Waals surface area contributed by atoms with Gasteiger partial charge in [0.15, 0.2) is 0 Å². The molecule has 2 aromatic rings. The SMILES string of the molecule is CN(CC(O)COc1ccc([N+](=O)[O-])cc1)c1ccccc1. The van der Waals surface area contributed by atoms with E-state index in [1.54, 1.807) is 0 Å². The van der Waals surface area contributed by atoms with Gasteiger partial charge in [-0.15, -0.1) is 0 Å². The van der Waals surface area contributed by atoms with Gasteiger partial charge >= 0.3 is 0 Å². The van der Waals surface area contributed by atoms with Gasteiger partial charge in [0.05, 0.1) is 4.92 Å². The van der Waals surface area contributed by atoms with E-state index >= 15 is 0 Å². The molecule has 0 aliphatic carbocycles. The number of nitro groups is 1. The highest BCUT2D eigenvalue weighted by molar-refractivity contribution is 5.45. The van der Waals surface area contributed by atoms with Gasteiger partial charge < -0.3 is 14.7 Å². The fraction of sp³-hybridized carbons (Fsp3) is 0.250. The molecule has 6 heteroatoms. The lowest BCUT2D eigenvalue weighted by Crippen LogP contribution is -2.33. The van der Waals surface area contributed by atoms with E-state index in [2.05, 4.69) is 0 Å². The third-order valence-electron chi connectivity index (χ3n) is 3.17. The van der Waals surface area contributed by atoms with Crippen LogP contribution in [-0.2, 0) is 0 Å². The monoisotopic (exact) mass is 302 g/mol. The number of rotatable bonds is 7. The number of benzene rings is 2. The molecule has 0 saturated heterocycles. The zero-order chi connectivity index (χ0) is 15.9. The maximum absolute atomic E-state index is 10.6. The Bertz CT molecular complexity index is 601. The number of aliphatic hydroxyl groups is 1. The molecule has 2 aromatic carbocycles. The van der Waals surface area contributed by atoms with Gasteiger partial charge in [0.25, 0.3) is 5.69 Å². The molecule has 0 amide bonds. The van der Waals surface area contributed by atoms with Crippen molar-refractivity contribution in [3.8, 4) is 5.75 Å². The van der Waals surface area contributed by atoms with Gasteiger partial charge in [-0.1, -0.05) is 18.2 Å². The number of hydrogen-bond donors (Lipinski definition) is 1. The summed E-state index contributed by atoms with van der Waals surface area (Å²) in [6, 6.07) is 15.5. The van der Waals surface area contributed by atoms with Gasteiger partial charge in [-0.2, -0.15) is 0 Å². The zero-order valence-electron chi connectivity index (χ0n) is 12.3. The molecule has 0 radical (unpaired) electrons. The summed E-state index contributed by atoms with van der Waals surface area (Å²) in [5.74, 6) is 0.493. The second kappa shape index (κ2) is 7.42. The first-order valence-electron chi connectivity index (χ1n) is 6.88. The highest BCUT2D eigenvalue weighted by Crippen LogP contribution is 2.17. The maximum Gasteiger partial charge on any atom is 0.269 e. The fourth-order valence-corrected chi connectivity index (χ4v) is 2.01. The van der Waals surface area contributed by atoms with E-state index in [9.17, 15) is 15.2 Å². The van der Waals surface area contributed by atoms with Crippen LogP contribution in [0.3, 0.4) is 0 Å². The molecule has 116 valence electrons. The molecule has 0 bridgehead atoms. The largest absolute Gasteiger partial charge is 0.491 e. The average Bonchev–Trinajstić information content (AvgIpc) is 2.54. The van der Waals surface area contributed by atoms with Crippen LogP contribution in [0.15, 0.2) is 54.6 Å². The molecule has 0 aliphatic heterocycles. The quantitative estimate of drug-likeness (QED) is 0.628. The minimum Gasteiger partial charge on any atom is -0.491 e. The lowest BCUT2D eigenvalue weighted by atomic mass is 10.2. The molecule has 0 spiro atoms. The third-order valence-corrected chi connectivity index (χ3v) is 3.17. The molecule has 1 atom stereocenters. The third kappa shape index (κ3) is 4.46. The van der Waals surface area contributed by atoms with Crippen molar-refractivity contribution in [1.82, 2.24) is 0 Å². The van der Waals surface area contributed by atoms with Gasteiger partial charge in [0, 0.05) is 31.4 Å². The zero-order valence-corrected chi connectivity index (χ0v) is 12.3. The van der Waals surface area contributed by atoms with Crippen LogP contribution in [0.25, 0.3) is 0 Å². The molecule has 0 aromatic heterocycles. The van der Waals surface area contributed by atoms with Gasteiger partial charge in [-0.3, -0.25) is 10.1 Å². The Morgan fingerprint density at radius 3 is 2.41 bits per heavy atom. The summed E-state index contributed by atoms with van der Waals surface area (Å²) in [5, 5.41) is 20.6. The lowest BCUT2D eigenvalue weighted by molar-refractivity contribution is -0.384. The van der Waals surface area contributed by atoms with Crippen molar-refractivity contribution in [3.63, 3.8) is 0 Å². The van der Waals surface area contributed by atoms with Gasteiger partial charge in [0.1, 0.15) is 18.5 Å². The molecule has 0 fully saturated rings. The normalized spacial score (nSPS) is 11.7. The Morgan fingerprint density at radius 1 is 1.18 bits per heavy atom. The first kappa shape index (κ1) is 15.8. The van der Waals surface area contributed by atoms with Crippen LogP contribution < -0.4 is 9.64 Å². The van der Waals surface area contributed by atoms with Crippen LogP contribution in [0.1, 0.15) is 0 Å². The Kier molecular flexibility index (Phi) is 5.32. The molecule has 1 unspecified atom stereocenters. The molecular weight excluding hydrogens is 284 g/mol. The number of nitro benzene ring substituents is 1. The summed E-state index contributed by atoms with van der Waals surface area (Å²) in [4.78, 5) is 12.0. The Balaban J connectivity index is 1.82. The van der Waals surface area contributed by atoms with Crippen molar-refractivity contribution < 1.29 is 14.8 Å². The maximum atomic E-state index is 10.6.